The van der Waals surface area contributed by atoms with E-state index in [-0.39, 0.29) is 6.61 Å². The molecule has 1 aromatic heterocycles. The summed E-state index contributed by atoms with van der Waals surface area (Å²) in [4.78, 5) is 0. The van der Waals surface area contributed by atoms with Crippen LogP contribution in [-0.4, -0.2) is 15.3 Å². The Labute approximate surface area is 110 Å². The van der Waals surface area contributed by atoms with Gasteiger partial charge in [0.1, 0.15) is 5.69 Å². The Morgan fingerprint density at radius 1 is 1.11 bits per heavy atom. The summed E-state index contributed by atoms with van der Waals surface area (Å²) in [5.74, 6) is 0. The van der Waals surface area contributed by atoms with Crippen LogP contribution in [0, 0.1) is 0 Å². The molecule has 0 atom stereocenters. The molecular weight excluding hydrogens is 236 g/mol. The van der Waals surface area contributed by atoms with Crippen molar-refractivity contribution in [2.75, 3.05) is 0 Å². The maximum Gasteiger partial charge on any atom is 0.100 e. The molecule has 19 heavy (non-hydrogen) atoms. The van der Waals surface area contributed by atoms with Crippen molar-refractivity contribution in [1.82, 2.24) is 10.2 Å². The molecule has 1 aliphatic carbocycles. The fourth-order valence-corrected chi connectivity index (χ4v) is 3.08. The van der Waals surface area contributed by atoms with Crippen LogP contribution in [0.15, 0.2) is 36.4 Å². The molecule has 3 aromatic rings. The van der Waals surface area contributed by atoms with Gasteiger partial charge in [-0.25, -0.2) is 0 Å². The van der Waals surface area contributed by atoms with Crippen LogP contribution in [0.1, 0.15) is 16.7 Å². The molecule has 1 heterocycles. The van der Waals surface area contributed by atoms with Gasteiger partial charge in [0, 0.05) is 10.9 Å². The topological polar surface area (TPSA) is 48.9 Å². The van der Waals surface area contributed by atoms with E-state index in [2.05, 4.69) is 34.5 Å². The first-order valence-corrected chi connectivity index (χ1v) is 6.56. The van der Waals surface area contributed by atoms with Crippen molar-refractivity contribution in [3.8, 4) is 11.3 Å². The third-order valence-corrected chi connectivity index (χ3v) is 4.02. The number of aliphatic hydroxyl groups is 1. The summed E-state index contributed by atoms with van der Waals surface area (Å²) in [7, 11) is 0. The van der Waals surface area contributed by atoms with Crippen molar-refractivity contribution in [2.24, 2.45) is 0 Å². The zero-order valence-electron chi connectivity index (χ0n) is 10.5. The second-order valence-electron chi connectivity index (χ2n) is 5.01. The standard InChI is InChI=1S/C16H14N2O/c19-9-11-6-8-14-15-12(11)7-5-10-3-1-2-4-13(10)16(15)18-17-14/h1-4,6,8,19H,5,7,9H2,(H,17,18). The highest BCUT2D eigenvalue weighted by molar-refractivity contribution is 5.97. The van der Waals surface area contributed by atoms with Crippen LogP contribution >= 0.6 is 0 Å². The number of H-pyrrole nitrogens is 1. The number of nitrogens with zero attached hydrogens (tertiary/aromatic N) is 1. The number of rotatable bonds is 1. The number of fused-ring (bicyclic) bond motifs is 2. The Morgan fingerprint density at radius 3 is 2.89 bits per heavy atom. The Morgan fingerprint density at radius 2 is 2.00 bits per heavy atom. The van der Waals surface area contributed by atoms with Crippen LogP contribution in [0.25, 0.3) is 22.2 Å². The molecule has 0 saturated heterocycles. The van der Waals surface area contributed by atoms with Gasteiger partial charge in [0.15, 0.2) is 0 Å². The van der Waals surface area contributed by atoms with Gasteiger partial charge in [-0.15, -0.1) is 0 Å². The second kappa shape index (κ2) is 3.93. The van der Waals surface area contributed by atoms with Gasteiger partial charge >= 0.3 is 0 Å². The summed E-state index contributed by atoms with van der Waals surface area (Å²) in [6, 6.07) is 12.4. The van der Waals surface area contributed by atoms with E-state index < -0.39 is 0 Å². The SMILES string of the molecule is OCc1ccc2[nH]nc3c2c1CCc1ccccc1-3. The number of hydrogen-bond acceptors (Lipinski definition) is 2. The highest BCUT2D eigenvalue weighted by atomic mass is 16.3. The molecule has 0 aliphatic heterocycles. The third kappa shape index (κ3) is 1.45. The van der Waals surface area contributed by atoms with E-state index in [0.29, 0.717) is 0 Å². The van der Waals surface area contributed by atoms with Gasteiger partial charge in [0.2, 0.25) is 0 Å². The molecule has 0 radical (unpaired) electrons. The zero-order chi connectivity index (χ0) is 12.8. The fourth-order valence-electron chi connectivity index (χ4n) is 3.08. The van der Waals surface area contributed by atoms with Gasteiger partial charge in [-0.3, -0.25) is 5.10 Å². The highest BCUT2D eigenvalue weighted by Crippen LogP contribution is 2.36. The van der Waals surface area contributed by atoms with Crippen LogP contribution in [-0.2, 0) is 19.4 Å². The molecule has 0 spiro atoms. The molecule has 0 unspecified atom stereocenters. The summed E-state index contributed by atoms with van der Waals surface area (Å²) < 4.78 is 0. The average molecular weight is 250 g/mol. The average Bonchev–Trinajstić information content (AvgIpc) is 2.81. The molecular formula is C16H14N2O. The van der Waals surface area contributed by atoms with Crippen molar-refractivity contribution in [3.05, 3.63) is 53.1 Å². The minimum Gasteiger partial charge on any atom is -0.392 e. The van der Waals surface area contributed by atoms with E-state index in [4.69, 9.17) is 0 Å². The first-order chi connectivity index (χ1) is 9.38. The van der Waals surface area contributed by atoms with Crippen molar-refractivity contribution < 1.29 is 5.11 Å². The lowest BCUT2D eigenvalue weighted by atomic mass is 9.99. The number of benzene rings is 2. The molecule has 1 aliphatic rings. The van der Waals surface area contributed by atoms with E-state index in [0.717, 1.165) is 29.6 Å². The van der Waals surface area contributed by atoms with E-state index in [1.165, 1.54) is 22.1 Å². The third-order valence-electron chi connectivity index (χ3n) is 4.02. The van der Waals surface area contributed by atoms with E-state index in [1.54, 1.807) is 0 Å². The second-order valence-corrected chi connectivity index (χ2v) is 5.01. The summed E-state index contributed by atoms with van der Waals surface area (Å²) in [6.07, 6.45) is 1.95. The molecule has 2 aromatic carbocycles. The largest absolute Gasteiger partial charge is 0.392 e. The quantitative estimate of drug-likeness (QED) is 0.697. The summed E-state index contributed by atoms with van der Waals surface area (Å²) in [6.45, 7) is 0.0895. The minimum absolute atomic E-state index is 0.0895. The van der Waals surface area contributed by atoms with Gasteiger partial charge in [-0.2, -0.15) is 5.10 Å². The number of nitrogens with one attached hydrogen (secondary N) is 1. The predicted molar refractivity (Wildman–Crippen MR) is 74.9 cm³/mol. The lowest BCUT2D eigenvalue weighted by Crippen LogP contribution is -1.96. The van der Waals surface area contributed by atoms with Crippen LogP contribution < -0.4 is 0 Å². The molecule has 0 fully saturated rings. The van der Waals surface area contributed by atoms with Gasteiger partial charge in [0.05, 0.1) is 12.1 Å². The monoisotopic (exact) mass is 250 g/mol. The van der Waals surface area contributed by atoms with Crippen molar-refractivity contribution in [3.63, 3.8) is 0 Å². The number of aromatic nitrogens is 2. The number of aliphatic hydroxyl groups excluding tert-OH is 1. The molecule has 0 amide bonds. The minimum atomic E-state index is 0.0895. The van der Waals surface area contributed by atoms with Gasteiger partial charge < -0.3 is 5.11 Å². The predicted octanol–water partition coefficient (Wildman–Crippen LogP) is 2.82. The molecule has 3 heteroatoms. The van der Waals surface area contributed by atoms with Crippen molar-refractivity contribution in [1.29, 1.82) is 0 Å². The van der Waals surface area contributed by atoms with Crippen molar-refractivity contribution in [2.45, 2.75) is 19.4 Å². The number of aryl methyl sites for hydroxylation is 2. The first-order valence-electron chi connectivity index (χ1n) is 6.56. The van der Waals surface area contributed by atoms with Crippen LogP contribution in [0.3, 0.4) is 0 Å². The van der Waals surface area contributed by atoms with Gasteiger partial charge in [-0.1, -0.05) is 30.3 Å². The fraction of sp³-hybridized carbons (Fsp3) is 0.188. The van der Waals surface area contributed by atoms with E-state index in [1.807, 2.05) is 12.1 Å². The molecule has 94 valence electrons. The summed E-state index contributed by atoms with van der Waals surface area (Å²) in [5.41, 5.74) is 6.87. The molecule has 0 saturated carbocycles. The Balaban J connectivity index is 2.12. The first kappa shape index (κ1) is 10.8. The van der Waals surface area contributed by atoms with Gasteiger partial charge in [-0.05, 0) is 35.6 Å². The van der Waals surface area contributed by atoms with Crippen LogP contribution in [0.2, 0.25) is 0 Å². The molecule has 4 rings (SSSR count). The molecule has 0 bridgehead atoms. The zero-order valence-corrected chi connectivity index (χ0v) is 10.5. The maximum absolute atomic E-state index is 9.54. The highest BCUT2D eigenvalue weighted by Gasteiger charge is 2.20. The molecule has 3 nitrogen and oxygen atoms in total. The number of aromatic amines is 1. The Kier molecular flexibility index (Phi) is 2.23. The smallest absolute Gasteiger partial charge is 0.100 e. The summed E-state index contributed by atoms with van der Waals surface area (Å²) >= 11 is 0. The lowest BCUT2D eigenvalue weighted by Gasteiger charge is -2.07. The normalized spacial score (nSPS) is 13.3. The van der Waals surface area contributed by atoms with E-state index >= 15 is 0 Å². The van der Waals surface area contributed by atoms with Crippen LogP contribution in [0.4, 0.5) is 0 Å². The Bertz CT molecular complexity index is 774. The molecule has 2 N–H and O–H groups in total. The number of hydrogen-bond donors (Lipinski definition) is 2. The lowest BCUT2D eigenvalue weighted by molar-refractivity contribution is 0.281. The summed E-state index contributed by atoms with van der Waals surface area (Å²) in [5, 5.41) is 18.3. The van der Waals surface area contributed by atoms with Gasteiger partial charge in [0.25, 0.3) is 0 Å². The Hall–Kier alpha value is -2.13. The van der Waals surface area contributed by atoms with E-state index in [9.17, 15) is 5.11 Å². The van der Waals surface area contributed by atoms with Crippen LogP contribution in [0.5, 0.6) is 0 Å². The maximum atomic E-state index is 9.54. The van der Waals surface area contributed by atoms with Crippen molar-refractivity contribution >= 4 is 10.9 Å².